The van der Waals surface area contributed by atoms with Gasteiger partial charge in [-0.05, 0) is 41.8 Å². The van der Waals surface area contributed by atoms with Crippen molar-refractivity contribution in [1.82, 2.24) is 4.31 Å². The smallest absolute Gasteiger partial charge is 0.258 e. The molecule has 2 aromatic carbocycles. The number of rotatable bonds is 5. The lowest BCUT2D eigenvalue weighted by Gasteiger charge is -2.23. The van der Waals surface area contributed by atoms with Gasteiger partial charge in [0, 0.05) is 24.4 Å². The molecule has 1 fully saturated rings. The van der Waals surface area contributed by atoms with E-state index in [2.05, 4.69) is 0 Å². The van der Waals surface area contributed by atoms with Crippen LogP contribution < -0.4 is 0 Å². The summed E-state index contributed by atoms with van der Waals surface area (Å²) in [4.78, 5) is 10.6. The van der Waals surface area contributed by atoms with Gasteiger partial charge in [0.05, 0.1) is 15.2 Å². The maximum atomic E-state index is 13.0. The van der Waals surface area contributed by atoms with Crippen molar-refractivity contribution in [3.63, 3.8) is 0 Å². The average Bonchev–Trinajstić information content (AvgIpc) is 3.12. The first kappa shape index (κ1) is 17.9. The van der Waals surface area contributed by atoms with Crippen molar-refractivity contribution >= 4 is 27.5 Å². The number of nitrogens with zero attached hydrogens (tertiary/aromatic N) is 2. The van der Waals surface area contributed by atoms with E-state index >= 15 is 0 Å². The Morgan fingerprint density at radius 1 is 1.16 bits per heavy atom. The number of sulfonamides is 1. The second-order valence-electron chi connectivity index (χ2n) is 5.69. The van der Waals surface area contributed by atoms with E-state index in [1.54, 1.807) is 24.3 Å². The molecule has 132 valence electrons. The van der Waals surface area contributed by atoms with E-state index in [0.29, 0.717) is 12.3 Å². The Balaban J connectivity index is 1.90. The number of hydrogen-bond acceptors (Lipinski definition) is 5. The monoisotopic (exact) mass is 378 g/mol. The van der Waals surface area contributed by atoms with Gasteiger partial charge in [-0.3, -0.25) is 10.1 Å². The van der Waals surface area contributed by atoms with Gasteiger partial charge >= 0.3 is 0 Å². The highest BCUT2D eigenvalue weighted by molar-refractivity contribution is 8.01. The molecule has 1 aliphatic rings. The van der Waals surface area contributed by atoms with Crippen molar-refractivity contribution in [2.75, 3.05) is 12.3 Å². The molecule has 0 N–H and O–H groups in total. The maximum absolute atomic E-state index is 13.0. The highest BCUT2D eigenvalue weighted by Crippen LogP contribution is 2.41. The normalized spacial score (nSPS) is 18.4. The molecule has 25 heavy (non-hydrogen) atoms. The van der Waals surface area contributed by atoms with Crippen molar-refractivity contribution in [2.24, 2.45) is 0 Å². The molecular formula is C17H18N2O4S2. The van der Waals surface area contributed by atoms with Gasteiger partial charge in [-0.25, -0.2) is 8.42 Å². The molecule has 0 aliphatic carbocycles. The minimum Gasteiger partial charge on any atom is -0.258 e. The Hall–Kier alpha value is -1.90. The number of non-ortho nitro benzene ring substituents is 1. The molecule has 0 amide bonds. The second kappa shape index (κ2) is 7.15. The number of benzene rings is 2. The van der Waals surface area contributed by atoms with Gasteiger partial charge < -0.3 is 0 Å². The highest BCUT2D eigenvalue weighted by atomic mass is 32.2. The van der Waals surface area contributed by atoms with Crippen LogP contribution in [0.25, 0.3) is 0 Å². The molecule has 0 radical (unpaired) electrons. The van der Waals surface area contributed by atoms with Crippen LogP contribution in [-0.4, -0.2) is 29.9 Å². The summed E-state index contributed by atoms with van der Waals surface area (Å²) in [7, 11) is -3.61. The number of thioether (sulfide) groups is 1. The van der Waals surface area contributed by atoms with E-state index in [4.69, 9.17) is 0 Å². The van der Waals surface area contributed by atoms with Crippen LogP contribution in [0.1, 0.15) is 23.4 Å². The molecule has 0 spiro atoms. The fourth-order valence-electron chi connectivity index (χ4n) is 2.76. The Bertz CT molecular complexity index is 865. The van der Waals surface area contributed by atoms with Crippen LogP contribution in [0, 0.1) is 10.1 Å². The van der Waals surface area contributed by atoms with Crippen LogP contribution >= 0.6 is 11.8 Å². The first-order valence-electron chi connectivity index (χ1n) is 7.90. The van der Waals surface area contributed by atoms with Crippen LogP contribution in [0.3, 0.4) is 0 Å². The predicted octanol–water partition coefficient (Wildman–Crippen LogP) is 3.59. The first-order chi connectivity index (χ1) is 11.9. The number of aryl methyl sites for hydroxylation is 1. The third kappa shape index (κ3) is 3.56. The third-order valence-corrected chi connectivity index (χ3v) is 7.45. The average molecular weight is 378 g/mol. The molecule has 0 aromatic heterocycles. The van der Waals surface area contributed by atoms with E-state index < -0.39 is 14.9 Å². The van der Waals surface area contributed by atoms with Crippen molar-refractivity contribution in [3.05, 3.63) is 69.8 Å². The van der Waals surface area contributed by atoms with Crippen LogP contribution in [0.2, 0.25) is 0 Å². The van der Waals surface area contributed by atoms with E-state index in [-0.39, 0.29) is 16.0 Å². The molecule has 2 aromatic rings. The third-order valence-electron chi connectivity index (χ3n) is 4.18. The number of nitro benzene ring substituents is 1. The standard InChI is InChI=1S/C17H18N2O4S2/c1-2-13-3-9-16(10-4-13)25(22,23)18-11-12-24-17(18)14-5-7-15(8-6-14)19(20)21/h3-10,17H,2,11-12H2,1H3. The molecule has 3 rings (SSSR count). The molecule has 1 unspecified atom stereocenters. The quantitative estimate of drug-likeness (QED) is 0.587. The lowest BCUT2D eigenvalue weighted by Crippen LogP contribution is -2.30. The van der Waals surface area contributed by atoms with Crippen molar-refractivity contribution < 1.29 is 13.3 Å². The summed E-state index contributed by atoms with van der Waals surface area (Å²) >= 11 is 1.52. The lowest BCUT2D eigenvalue weighted by atomic mass is 10.2. The topological polar surface area (TPSA) is 80.5 Å². The summed E-state index contributed by atoms with van der Waals surface area (Å²) < 4.78 is 27.5. The molecule has 1 atom stereocenters. The summed E-state index contributed by atoms with van der Waals surface area (Å²) in [5.74, 6) is 0.688. The Kier molecular flexibility index (Phi) is 5.12. The number of hydrogen-bond donors (Lipinski definition) is 0. The molecule has 0 bridgehead atoms. The lowest BCUT2D eigenvalue weighted by molar-refractivity contribution is -0.384. The molecule has 1 saturated heterocycles. The van der Waals surface area contributed by atoms with Crippen LogP contribution in [0.15, 0.2) is 53.4 Å². The largest absolute Gasteiger partial charge is 0.269 e. The van der Waals surface area contributed by atoms with Crippen LogP contribution in [0.4, 0.5) is 5.69 Å². The Labute approximate surface area is 151 Å². The Morgan fingerprint density at radius 2 is 1.80 bits per heavy atom. The zero-order valence-electron chi connectivity index (χ0n) is 13.7. The minimum atomic E-state index is -3.61. The van der Waals surface area contributed by atoms with Crippen molar-refractivity contribution in [3.8, 4) is 0 Å². The fourth-order valence-corrected chi connectivity index (χ4v) is 6.00. The van der Waals surface area contributed by atoms with Gasteiger partial charge in [0.1, 0.15) is 0 Å². The zero-order valence-corrected chi connectivity index (χ0v) is 15.3. The molecule has 1 aliphatic heterocycles. The van der Waals surface area contributed by atoms with Gasteiger partial charge in [-0.1, -0.05) is 19.1 Å². The van der Waals surface area contributed by atoms with E-state index in [1.165, 1.54) is 28.2 Å². The predicted molar refractivity (Wildman–Crippen MR) is 98.0 cm³/mol. The summed E-state index contributed by atoms with van der Waals surface area (Å²) in [6, 6.07) is 13.0. The van der Waals surface area contributed by atoms with Crippen molar-refractivity contribution in [2.45, 2.75) is 23.6 Å². The Morgan fingerprint density at radius 3 is 2.36 bits per heavy atom. The molecule has 1 heterocycles. The van der Waals surface area contributed by atoms with Gasteiger partial charge in [0.25, 0.3) is 5.69 Å². The maximum Gasteiger partial charge on any atom is 0.269 e. The van der Waals surface area contributed by atoms with Gasteiger partial charge in [0.2, 0.25) is 10.0 Å². The minimum absolute atomic E-state index is 0.00342. The SMILES string of the molecule is CCc1ccc(S(=O)(=O)N2CCSC2c2ccc([N+](=O)[O-])cc2)cc1. The summed E-state index contributed by atoms with van der Waals surface area (Å²) in [5.41, 5.74) is 1.83. The summed E-state index contributed by atoms with van der Waals surface area (Å²) in [6.45, 7) is 2.44. The van der Waals surface area contributed by atoms with Gasteiger partial charge in [-0.2, -0.15) is 4.31 Å². The summed E-state index contributed by atoms with van der Waals surface area (Å²) in [6.07, 6.45) is 0.852. The number of nitro groups is 1. The van der Waals surface area contributed by atoms with Crippen LogP contribution in [-0.2, 0) is 16.4 Å². The van der Waals surface area contributed by atoms with Crippen LogP contribution in [0.5, 0.6) is 0 Å². The molecule has 0 saturated carbocycles. The highest BCUT2D eigenvalue weighted by Gasteiger charge is 2.36. The summed E-state index contributed by atoms with van der Waals surface area (Å²) in [5, 5.41) is 10.4. The molecule has 8 heteroatoms. The van der Waals surface area contributed by atoms with Gasteiger partial charge in [0.15, 0.2) is 0 Å². The van der Waals surface area contributed by atoms with E-state index in [9.17, 15) is 18.5 Å². The van der Waals surface area contributed by atoms with E-state index in [0.717, 1.165) is 17.5 Å². The zero-order chi connectivity index (χ0) is 18.0. The van der Waals surface area contributed by atoms with E-state index in [1.807, 2.05) is 19.1 Å². The molecular weight excluding hydrogens is 360 g/mol. The van der Waals surface area contributed by atoms with Gasteiger partial charge in [-0.15, -0.1) is 11.8 Å². The molecule has 6 nitrogen and oxygen atoms in total. The van der Waals surface area contributed by atoms with Crippen molar-refractivity contribution in [1.29, 1.82) is 0 Å². The second-order valence-corrected chi connectivity index (χ2v) is 8.76. The first-order valence-corrected chi connectivity index (χ1v) is 10.4. The fraction of sp³-hybridized carbons (Fsp3) is 0.294.